The molecule has 2 saturated heterocycles. The number of carbonyl (C=O) groups is 2. The van der Waals surface area contributed by atoms with Crippen LogP contribution in [0.25, 0.3) is 0 Å². The average molecular weight is 284 g/mol. The molecule has 0 radical (unpaired) electrons. The van der Waals surface area contributed by atoms with Crippen molar-refractivity contribution in [2.45, 2.75) is 50.0 Å². The van der Waals surface area contributed by atoms with Crippen molar-refractivity contribution in [3.05, 3.63) is 0 Å². The lowest BCUT2D eigenvalue weighted by Gasteiger charge is -2.26. The van der Waals surface area contributed by atoms with Gasteiger partial charge < -0.3 is 25.2 Å². The van der Waals surface area contributed by atoms with Gasteiger partial charge in [-0.25, -0.2) is 9.59 Å². The third kappa shape index (κ3) is 2.60. The number of nitrogens with one attached hydrogen (secondary N) is 1. The van der Waals surface area contributed by atoms with Crippen LogP contribution in [0.2, 0.25) is 0 Å². The van der Waals surface area contributed by atoms with Crippen LogP contribution in [0.3, 0.4) is 0 Å². The van der Waals surface area contributed by atoms with Crippen molar-refractivity contribution < 1.29 is 24.5 Å². The predicted molar refractivity (Wildman–Crippen MR) is 68.2 cm³/mol. The van der Waals surface area contributed by atoms with Crippen molar-refractivity contribution in [2.24, 2.45) is 5.92 Å². The molecule has 1 saturated carbocycles. The number of aliphatic hydroxyl groups is 1. The van der Waals surface area contributed by atoms with Gasteiger partial charge in [-0.1, -0.05) is 0 Å². The van der Waals surface area contributed by atoms with Crippen LogP contribution in [0.1, 0.15) is 25.7 Å². The van der Waals surface area contributed by atoms with E-state index in [-0.39, 0.29) is 25.1 Å². The maximum Gasteiger partial charge on any atom is 0.326 e. The summed E-state index contributed by atoms with van der Waals surface area (Å²) in [5.74, 6) is -0.541. The van der Waals surface area contributed by atoms with Gasteiger partial charge in [0, 0.05) is 19.6 Å². The van der Waals surface area contributed by atoms with Crippen molar-refractivity contribution >= 4 is 12.0 Å². The lowest BCUT2D eigenvalue weighted by atomic mass is 10.1. The molecule has 0 aromatic carbocycles. The molecule has 1 aliphatic carbocycles. The Labute approximate surface area is 116 Å². The molecule has 2 heterocycles. The summed E-state index contributed by atoms with van der Waals surface area (Å²) in [7, 11) is 0. The third-order valence-corrected chi connectivity index (χ3v) is 4.36. The number of urea groups is 1. The van der Waals surface area contributed by atoms with E-state index in [1.54, 1.807) is 0 Å². The van der Waals surface area contributed by atoms with Crippen molar-refractivity contribution in [3.8, 4) is 0 Å². The first-order valence-electron chi connectivity index (χ1n) is 7.16. The molecule has 0 spiro atoms. The predicted octanol–water partition coefficient (Wildman–Crippen LogP) is -0.217. The van der Waals surface area contributed by atoms with Crippen molar-refractivity contribution in [2.75, 3.05) is 13.2 Å². The van der Waals surface area contributed by atoms with Gasteiger partial charge in [0.05, 0.1) is 18.2 Å². The van der Waals surface area contributed by atoms with Crippen LogP contribution in [0.4, 0.5) is 4.79 Å². The summed E-state index contributed by atoms with van der Waals surface area (Å²) in [6.07, 6.45) is 2.43. The fourth-order valence-corrected chi connectivity index (χ4v) is 3.17. The Balaban J connectivity index is 1.61. The molecule has 20 heavy (non-hydrogen) atoms. The Bertz CT molecular complexity index is 412. The van der Waals surface area contributed by atoms with Gasteiger partial charge in [0.2, 0.25) is 0 Å². The van der Waals surface area contributed by atoms with Crippen LogP contribution in [-0.4, -0.2) is 64.6 Å². The van der Waals surface area contributed by atoms with E-state index in [0.717, 1.165) is 19.3 Å². The van der Waals surface area contributed by atoms with Crippen LogP contribution in [0, 0.1) is 5.92 Å². The lowest BCUT2D eigenvalue weighted by Crippen LogP contribution is -2.51. The molecule has 4 unspecified atom stereocenters. The van der Waals surface area contributed by atoms with Crippen LogP contribution >= 0.6 is 0 Å². The maximum atomic E-state index is 12.2. The monoisotopic (exact) mass is 284 g/mol. The summed E-state index contributed by atoms with van der Waals surface area (Å²) in [5.41, 5.74) is 0. The highest BCUT2D eigenvalue weighted by molar-refractivity contribution is 5.83. The summed E-state index contributed by atoms with van der Waals surface area (Å²) >= 11 is 0. The molecule has 0 bridgehead atoms. The van der Waals surface area contributed by atoms with Crippen LogP contribution in [-0.2, 0) is 9.53 Å². The Morgan fingerprint density at radius 2 is 2.00 bits per heavy atom. The standard InChI is InChI=1S/C13H20N2O5/c16-8-5-10(12(17)18)15(6-8)13(19)14-9-3-4-20-11(9)7-1-2-7/h7-11,16H,1-6H2,(H,14,19)(H,17,18). The first-order chi connectivity index (χ1) is 9.56. The summed E-state index contributed by atoms with van der Waals surface area (Å²) in [5, 5.41) is 21.6. The minimum atomic E-state index is -1.07. The lowest BCUT2D eigenvalue weighted by molar-refractivity contribution is -0.141. The number of carbonyl (C=O) groups excluding carboxylic acids is 1. The molecule has 4 atom stereocenters. The van der Waals surface area contributed by atoms with Crippen LogP contribution in [0.15, 0.2) is 0 Å². The fourth-order valence-electron chi connectivity index (χ4n) is 3.17. The first-order valence-corrected chi connectivity index (χ1v) is 7.16. The first kappa shape index (κ1) is 13.6. The summed E-state index contributed by atoms with van der Waals surface area (Å²) < 4.78 is 5.65. The Morgan fingerprint density at radius 1 is 1.25 bits per heavy atom. The van der Waals surface area contributed by atoms with Crippen molar-refractivity contribution in [1.82, 2.24) is 10.2 Å². The number of hydrogen-bond acceptors (Lipinski definition) is 4. The molecule has 7 heteroatoms. The second-order valence-electron chi connectivity index (χ2n) is 5.91. The number of carboxylic acid groups (broad SMARTS) is 1. The number of aliphatic carboxylic acids is 1. The van der Waals surface area contributed by atoms with E-state index in [9.17, 15) is 14.7 Å². The molecule has 2 aliphatic heterocycles. The molecule has 2 amide bonds. The molecule has 3 aliphatic rings. The van der Waals surface area contributed by atoms with Crippen LogP contribution in [0.5, 0.6) is 0 Å². The van der Waals surface area contributed by atoms with E-state index in [0.29, 0.717) is 12.5 Å². The minimum Gasteiger partial charge on any atom is -0.480 e. The van der Waals surface area contributed by atoms with E-state index in [2.05, 4.69) is 5.32 Å². The van der Waals surface area contributed by atoms with Gasteiger partial charge in [0.1, 0.15) is 6.04 Å². The second kappa shape index (κ2) is 5.21. The second-order valence-corrected chi connectivity index (χ2v) is 5.91. The third-order valence-electron chi connectivity index (χ3n) is 4.36. The molecular weight excluding hydrogens is 264 g/mol. The highest BCUT2D eigenvalue weighted by atomic mass is 16.5. The number of hydrogen-bond donors (Lipinski definition) is 3. The Kier molecular flexibility index (Phi) is 3.55. The quantitative estimate of drug-likeness (QED) is 0.665. The van der Waals surface area contributed by atoms with Gasteiger partial charge in [0.25, 0.3) is 0 Å². The van der Waals surface area contributed by atoms with Gasteiger partial charge in [0.15, 0.2) is 0 Å². The summed E-state index contributed by atoms with van der Waals surface area (Å²) in [4.78, 5) is 24.6. The molecule has 3 rings (SSSR count). The zero-order valence-electron chi connectivity index (χ0n) is 11.2. The molecule has 7 nitrogen and oxygen atoms in total. The molecule has 112 valence electrons. The molecule has 3 fully saturated rings. The van der Waals surface area contributed by atoms with Gasteiger partial charge in [-0.2, -0.15) is 0 Å². The SMILES string of the molecule is O=C(O)C1CC(O)CN1C(=O)NC1CCOC1C1CC1. The van der Waals surface area contributed by atoms with Crippen molar-refractivity contribution in [1.29, 1.82) is 0 Å². The highest BCUT2D eigenvalue weighted by Gasteiger charge is 2.44. The van der Waals surface area contributed by atoms with Crippen LogP contribution < -0.4 is 5.32 Å². The number of carboxylic acids is 1. The highest BCUT2D eigenvalue weighted by Crippen LogP contribution is 2.38. The van der Waals surface area contributed by atoms with E-state index >= 15 is 0 Å². The van der Waals surface area contributed by atoms with Crippen molar-refractivity contribution in [3.63, 3.8) is 0 Å². The fraction of sp³-hybridized carbons (Fsp3) is 0.846. The Hall–Kier alpha value is -1.34. The molecule has 3 N–H and O–H groups in total. The average Bonchev–Trinajstić information content (AvgIpc) is 3.00. The zero-order valence-corrected chi connectivity index (χ0v) is 11.2. The molecule has 0 aromatic rings. The van der Waals surface area contributed by atoms with E-state index in [4.69, 9.17) is 9.84 Å². The molecule has 0 aromatic heterocycles. The minimum absolute atomic E-state index is 0.0396. The van der Waals surface area contributed by atoms with E-state index in [1.807, 2.05) is 0 Å². The van der Waals surface area contributed by atoms with E-state index in [1.165, 1.54) is 4.90 Å². The Morgan fingerprint density at radius 3 is 2.65 bits per heavy atom. The normalized spacial score (nSPS) is 37.1. The van der Waals surface area contributed by atoms with E-state index < -0.39 is 24.1 Å². The summed E-state index contributed by atoms with van der Waals surface area (Å²) in [6, 6.07) is -1.39. The molecular formula is C13H20N2O5. The largest absolute Gasteiger partial charge is 0.480 e. The maximum absolute atomic E-state index is 12.2. The number of amides is 2. The van der Waals surface area contributed by atoms with Gasteiger partial charge in [-0.15, -0.1) is 0 Å². The smallest absolute Gasteiger partial charge is 0.326 e. The summed E-state index contributed by atoms with van der Waals surface area (Å²) in [6.45, 7) is 0.710. The number of rotatable bonds is 3. The van der Waals surface area contributed by atoms with Gasteiger partial charge in [-0.3, -0.25) is 0 Å². The number of likely N-dealkylation sites (tertiary alicyclic amines) is 1. The number of β-amino-alcohol motifs (C(OH)–C–C–N with tert-alkyl or cyclic N) is 1. The number of aliphatic hydroxyl groups excluding tert-OH is 1. The number of ether oxygens (including phenoxy) is 1. The zero-order chi connectivity index (χ0) is 14.3. The number of nitrogens with zero attached hydrogens (tertiary/aromatic N) is 1. The van der Waals surface area contributed by atoms with Gasteiger partial charge in [-0.05, 0) is 25.2 Å². The topological polar surface area (TPSA) is 99.1 Å². The van der Waals surface area contributed by atoms with Gasteiger partial charge >= 0.3 is 12.0 Å².